The Labute approximate surface area is 176 Å². The van der Waals surface area contributed by atoms with Crippen LogP contribution >= 0.6 is 0 Å². The molecule has 0 spiro atoms. The standard InChI is InChI=1S/C20H32O10/c1-6-15(21)26-11-13(28-17(23)8-3)20(30-19(25)10-5)14(29-18(24)9-4)12-27-16(22)7-2/h13-14,20H,6-12H2,1-5H3/t13-,14+,20+. The molecule has 0 fully saturated rings. The van der Waals surface area contributed by atoms with Crippen molar-refractivity contribution in [1.82, 2.24) is 0 Å². The molecule has 0 rings (SSSR count). The number of carbonyl (C=O) groups excluding carboxylic acids is 5. The summed E-state index contributed by atoms with van der Waals surface area (Å²) >= 11 is 0. The second-order valence-electron chi connectivity index (χ2n) is 6.14. The zero-order valence-corrected chi connectivity index (χ0v) is 18.3. The van der Waals surface area contributed by atoms with Crippen LogP contribution in [0.15, 0.2) is 0 Å². The number of ether oxygens (including phenoxy) is 5. The van der Waals surface area contributed by atoms with Gasteiger partial charge in [0.25, 0.3) is 0 Å². The molecule has 0 aromatic rings. The molecule has 0 amide bonds. The Kier molecular flexibility index (Phi) is 13.9. The first-order chi connectivity index (χ1) is 14.2. The number of hydrogen-bond donors (Lipinski definition) is 0. The largest absolute Gasteiger partial charge is 0.462 e. The summed E-state index contributed by atoms with van der Waals surface area (Å²) in [5.41, 5.74) is 0. The zero-order chi connectivity index (χ0) is 23.1. The SMILES string of the molecule is CCC(=O)OC[C@H](OC(=O)CC)[C@@H](OC(=O)CC)[C@@H](COC(=O)CC)OC(=O)CC. The van der Waals surface area contributed by atoms with E-state index in [1.165, 1.54) is 0 Å². The predicted molar refractivity (Wildman–Crippen MR) is 103 cm³/mol. The Bertz CT molecular complexity index is 544. The van der Waals surface area contributed by atoms with Crippen molar-refractivity contribution in [3.63, 3.8) is 0 Å². The number of carbonyl (C=O) groups is 5. The van der Waals surface area contributed by atoms with Gasteiger partial charge in [0, 0.05) is 32.1 Å². The molecule has 0 aromatic carbocycles. The molecule has 172 valence electrons. The third-order valence-corrected chi connectivity index (χ3v) is 3.83. The normalized spacial score (nSPS) is 13.4. The summed E-state index contributed by atoms with van der Waals surface area (Å²) in [6.07, 6.45) is -3.71. The van der Waals surface area contributed by atoms with Gasteiger partial charge < -0.3 is 23.7 Å². The highest BCUT2D eigenvalue weighted by atomic mass is 16.6. The van der Waals surface area contributed by atoms with E-state index in [1.807, 2.05) is 0 Å². The Morgan fingerprint density at radius 3 is 1.10 bits per heavy atom. The van der Waals surface area contributed by atoms with Crippen molar-refractivity contribution in [3.8, 4) is 0 Å². The monoisotopic (exact) mass is 432 g/mol. The first-order valence-corrected chi connectivity index (χ1v) is 10.1. The molecular formula is C20H32O10. The molecule has 30 heavy (non-hydrogen) atoms. The summed E-state index contributed by atoms with van der Waals surface area (Å²) in [5.74, 6) is -3.08. The van der Waals surface area contributed by atoms with Crippen molar-refractivity contribution in [1.29, 1.82) is 0 Å². The molecule has 0 saturated carbocycles. The predicted octanol–water partition coefficient (Wildman–Crippen LogP) is 1.86. The Morgan fingerprint density at radius 2 is 0.800 bits per heavy atom. The Hall–Kier alpha value is -2.65. The van der Waals surface area contributed by atoms with Gasteiger partial charge in [0.1, 0.15) is 13.2 Å². The molecule has 0 bridgehead atoms. The van der Waals surface area contributed by atoms with Crippen molar-refractivity contribution >= 4 is 29.8 Å². The molecule has 3 atom stereocenters. The van der Waals surface area contributed by atoms with E-state index in [0.717, 1.165) is 0 Å². The van der Waals surface area contributed by atoms with Crippen molar-refractivity contribution in [2.75, 3.05) is 13.2 Å². The van der Waals surface area contributed by atoms with Gasteiger partial charge in [-0.1, -0.05) is 34.6 Å². The van der Waals surface area contributed by atoms with Crippen molar-refractivity contribution < 1.29 is 47.7 Å². The van der Waals surface area contributed by atoms with E-state index in [0.29, 0.717) is 0 Å². The van der Waals surface area contributed by atoms with Crippen LogP contribution in [0.25, 0.3) is 0 Å². The zero-order valence-electron chi connectivity index (χ0n) is 18.3. The lowest BCUT2D eigenvalue weighted by atomic mass is 10.1. The van der Waals surface area contributed by atoms with Crippen LogP contribution < -0.4 is 0 Å². The molecule has 0 saturated heterocycles. The third kappa shape index (κ3) is 10.8. The summed E-state index contributed by atoms with van der Waals surface area (Å²) < 4.78 is 26.1. The molecule has 0 aliphatic heterocycles. The van der Waals surface area contributed by atoms with Crippen LogP contribution in [0.3, 0.4) is 0 Å². The van der Waals surface area contributed by atoms with Gasteiger partial charge in [0.2, 0.25) is 0 Å². The smallest absolute Gasteiger partial charge is 0.306 e. The van der Waals surface area contributed by atoms with Gasteiger partial charge in [-0.05, 0) is 0 Å². The highest BCUT2D eigenvalue weighted by molar-refractivity contribution is 5.72. The number of hydrogen-bond acceptors (Lipinski definition) is 10. The first-order valence-electron chi connectivity index (χ1n) is 10.1. The van der Waals surface area contributed by atoms with Gasteiger partial charge in [-0.2, -0.15) is 0 Å². The van der Waals surface area contributed by atoms with Crippen molar-refractivity contribution in [2.45, 2.75) is 85.0 Å². The van der Waals surface area contributed by atoms with Gasteiger partial charge in [-0.3, -0.25) is 24.0 Å². The maximum absolute atomic E-state index is 12.0. The van der Waals surface area contributed by atoms with Crippen LogP contribution in [0.1, 0.15) is 66.7 Å². The highest BCUT2D eigenvalue weighted by Crippen LogP contribution is 2.17. The fourth-order valence-corrected chi connectivity index (χ4v) is 2.08. The molecule has 0 aromatic heterocycles. The summed E-state index contributed by atoms with van der Waals surface area (Å²) in [6, 6.07) is 0. The topological polar surface area (TPSA) is 132 Å². The third-order valence-electron chi connectivity index (χ3n) is 3.83. The van der Waals surface area contributed by atoms with E-state index in [1.54, 1.807) is 34.6 Å². The summed E-state index contributed by atoms with van der Waals surface area (Å²) in [6.45, 7) is 6.97. The van der Waals surface area contributed by atoms with Crippen LogP contribution in [0.2, 0.25) is 0 Å². The van der Waals surface area contributed by atoms with Gasteiger partial charge >= 0.3 is 29.8 Å². The minimum absolute atomic E-state index is 0.0108. The first kappa shape index (κ1) is 27.4. The fraction of sp³-hybridized carbons (Fsp3) is 0.750. The van der Waals surface area contributed by atoms with E-state index >= 15 is 0 Å². The van der Waals surface area contributed by atoms with E-state index in [4.69, 9.17) is 23.7 Å². The van der Waals surface area contributed by atoms with Gasteiger partial charge in [0.05, 0.1) is 0 Å². The van der Waals surface area contributed by atoms with Crippen LogP contribution in [0.5, 0.6) is 0 Å². The molecule has 0 unspecified atom stereocenters. The summed E-state index contributed by atoms with van der Waals surface area (Å²) in [5, 5.41) is 0. The van der Waals surface area contributed by atoms with Gasteiger partial charge in [-0.25, -0.2) is 0 Å². The summed E-state index contributed by atoms with van der Waals surface area (Å²) in [7, 11) is 0. The number of rotatable bonds is 14. The average molecular weight is 432 g/mol. The van der Waals surface area contributed by atoms with E-state index in [9.17, 15) is 24.0 Å². The molecule has 0 aliphatic carbocycles. The maximum Gasteiger partial charge on any atom is 0.306 e. The molecule has 0 heterocycles. The Balaban J connectivity index is 5.89. The highest BCUT2D eigenvalue weighted by Gasteiger charge is 2.39. The molecule has 0 N–H and O–H groups in total. The van der Waals surface area contributed by atoms with Crippen LogP contribution in [-0.4, -0.2) is 61.4 Å². The summed E-state index contributed by atoms with van der Waals surface area (Å²) in [4.78, 5) is 59.0. The molecule has 0 radical (unpaired) electrons. The lowest BCUT2D eigenvalue weighted by Crippen LogP contribution is -2.49. The maximum atomic E-state index is 12.0. The minimum atomic E-state index is -1.35. The molecule has 0 aliphatic rings. The average Bonchev–Trinajstić information content (AvgIpc) is 2.76. The van der Waals surface area contributed by atoms with Gasteiger partial charge in [0.15, 0.2) is 18.3 Å². The van der Waals surface area contributed by atoms with E-state index in [-0.39, 0.29) is 32.1 Å². The van der Waals surface area contributed by atoms with Crippen LogP contribution in [0.4, 0.5) is 0 Å². The molecule has 10 heteroatoms. The van der Waals surface area contributed by atoms with Crippen molar-refractivity contribution in [3.05, 3.63) is 0 Å². The molecule has 10 nitrogen and oxygen atoms in total. The van der Waals surface area contributed by atoms with Crippen LogP contribution in [-0.2, 0) is 47.7 Å². The van der Waals surface area contributed by atoms with Crippen LogP contribution in [0, 0.1) is 0 Å². The molecular weight excluding hydrogens is 400 g/mol. The lowest BCUT2D eigenvalue weighted by Gasteiger charge is -2.32. The second-order valence-corrected chi connectivity index (χ2v) is 6.14. The van der Waals surface area contributed by atoms with Crippen molar-refractivity contribution in [2.24, 2.45) is 0 Å². The second kappa shape index (κ2) is 15.2. The lowest BCUT2D eigenvalue weighted by molar-refractivity contribution is -0.197. The fourth-order valence-electron chi connectivity index (χ4n) is 2.08. The van der Waals surface area contributed by atoms with E-state index < -0.39 is 61.4 Å². The van der Waals surface area contributed by atoms with E-state index in [2.05, 4.69) is 0 Å². The van der Waals surface area contributed by atoms with Gasteiger partial charge in [-0.15, -0.1) is 0 Å². The number of esters is 5. The Morgan fingerprint density at radius 1 is 0.500 bits per heavy atom. The minimum Gasteiger partial charge on any atom is -0.462 e. The quantitative estimate of drug-likeness (QED) is 0.296.